The third-order valence-corrected chi connectivity index (χ3v) is 3.25. The van der Waals surface area contributed by atoms with Gasteiger partial charge in [-0.3, -0.25) is 10.1 Å². The molecule has 0 spiro atoms. The van der Waals surface area contributed by atoms with E-state index in [9.17, 15) is 10.1 Å². The number of nitro groups is 1. The Morgan fingerprint density at radius 2 is 2.25 bits per heavy atom. The number of hydrogen-bond acceptors (Lipinski definition) is 5. The van der Waals surface area contributed by atoms with Gasteiger partial charge < -0.3 is 5.73 Å². The zero-order chi connectivity index (χ0) is 11.7. The molecule has 2 rings (SSSR count). The predicted molar refractivity (Wildman–Crippen MR) is 63.6 cm³/mol. The molecule has 0 atom stereocenters. The van der Waals surface area contributed by atoms with Crippen LogP contribution in [0.4, 0.5) is 11.5 Å². The van der Waals surface area contributed by atoms with E-state index in [1.807, 2.05) is 0 Å². The van der Waals surface area contributed by atoms with Gasteiger partial charge in [-0.15, -0.1) is 11.3 Å². The zero-order valence-electron chi connectivity index (χ0n) is 7.88. The van der Waals surface area contributed by atoms with Gasteiger partial charge in [-0.25, -0.2) is 4.98 Å². The molecule has 2 aromatic rings. The molecule has 0 aliphatic rings. The highest BCUT2D eigenvalue weighted by molar-refractivity contribution is 7.14. The third kappa shape index (κ3) is 1.98. The Kier molecular flexibility index (Phi) is 2.76. The first kappa shape index (κ1) is 10.8. The number of rotatable bonds is 2. The topological polar surface area (TPSA) is 82.0 Å². The van der Waals surface area contributed by atoms with Crippen molar-refractivity contribution in [2.75, 3.05) is 5.73 Å². The third-order valence-electron chi connectivity index (χ3n) is 1.89. The van der Waals surface area contributed by atoms with Crippen molar-refractivity contribution in [3.63, 3.8) is 0 Å². The number of pyridine rings is 1. The first-order valence-corrected chi connectivity index (χ1v) is 5.49. The molecule has 82 valence electrons. The second kappa shape index (κ2) is 4.07. The first-order chi connectivity index (χ1) is 7.58. The molecular weight excluding hydrogens is 250 g/mol. The Morgan fingerprint density at radius 3 is 2.81 bits per heavy atom. The summed E-state index contributed by atoms with van der Waals surface area (Å²) in [6.45, 7) is 0. The Bertz CT molecular complexity index is 555. The van der Waals surface area contributed by atoms with E-state index >= 15 is 0 Å². The number of aromatic nitrogens is 1. The van der Waals surface area contributed by atoms with E-state index in [2.05, 4.69) is 4.98 Å². The largest absolute Gasteiger partial charge is 0.383 e. The molecular formula is C9H6ClN3O2S. The molecule has 16 heavy (non-hydrogen) atoms. The van der Waals surface area contributed by atoms with E-state index in [0.717, 1.165) is 0 Å². The number of halogens is 1. The summed E-state index contributed by atoms with van der Waals surface area (Å²) in [5.41, 5.74) is 5.83. The van der Waals surface area contributed by atoms with Gasteiger partial charge >= 0.3 is 0 Å². The molecule has 0 aromatic carbocycles. The van der Waals surface area contributed by atoms with Crippen LogP contribution >= 0.6 is 22.9 Å². The lowest BCUT2D eigenvalue weighted by molar-refractivity contribution is -0.384. The first-order valence-electron chi connectivity index (χ1n) is 4.23. The van der Waals surface area contributed by atoms with Crippen molar-refractivity contribution in [1.82, 2.24) is 4.98 Å². The van der Waals surface area contributed by atoms with Crippen molar-refractivity contribution in [3.8, 4) is 10.6 Å². The van der Waals surface area contributed by atoms with Gasteiger partial charge in [-0.1, -0.05) is 11.6 Å². The van der Waals surface area contributed by atoms with E-state index in [-0.39, 0.29) is 11.5 Å². The van der Waals surface area contributed by atoms with E-state index in [1.54, 1.807) is 11.4 Å². The quantitative estimate of drug-likeness (QED) is 0.661. The lowest BCUT2D eigenvalue weighted by Gasteiger charge is -2.00. The fourth-order valence-corrected chi connectivity index (χ4v) is 2.35. The van der Waals surface area contributed by atoms with Gasteiger partial charge in [0.1, 0.15) is 5.82 Å². The van der Waals surface area contributed by atoms with Gasteiger partial charge in [-0.2, -0.15) is 0 Å². The van der Waals surface area contributed by atoms with Crippen LogP contribution in [0.2, 0.25) is 5.02 Å². The maximum absolute atomic E-state index is 10.7. The molecule has 0 unspecified atom stereocenters. The van der Waals surface area contributed by atoms with Crippen molar-refractivity contribution >= 4 is 34.4 Å². The summed E-state index contributed by atoms with van der Waals surface area (Å²) in [6, 6.07) is 4.28. The zero-order valence-corrected chi connectivity index (χ0v) is 9.46. The number of nitrogens with two attached hydrogens (primary N) is 1. The monoisotopic (exact) mass is 255 g/mol. The van der Waals surface area contributed by atoms with Gasteiger partial charge in [0, 0.05) is 6.07 Å². The molecule has 2 heterocycles. The fourth-order valence-electron chi connectivity index (χ4n) is 1.24. The maximum atomic E-state index is 10.7. The number of thiophene rings is 1. The van der Waals surface area contributed by atoms with E-state index in [1.165, 1.54) is 23.5 Å². The molecule has 2 N–H and O–H groups in total. The predicted octanol–water partition coefficient (Wildman–Crippen LogP) is 2.95. The van der Waals surface area contributed by atoms with Crippen LogP contribution in [0.1, 0.15) is 0 Å². The number of nitrogens with zero attached hydrogens (tertiary/aromatic N) is 2. The maximum Gasteiger partial charge on any atom is 0.275 e. The van der Waals surface area contributed by atoms with Crippen LogP contribution in [0.15, 0.2) is 23.6 Å². The van der Waals surface area contributed by atoms with Gasteiger partial charge in [0.15, 0.2) is 0 Å². The molecule has 0 amide bonds. The lowest BCUT2D eigenvalue weighted by Crippen LogP contribution is -1.96. The molecule has 0 saturated heterocycles. The Labute approximate surface area is 99.6 Å². The molecule has 2 aromatic heterocycles. The van der Waals surface area contributed by atoms with Gasteiger partial charge in [0.05, 0.1) is 26.6 Å². The van der Waals surface area contributed by atoms with Crippen molar-refractivity contribution in [2.24, 2.45) is 0 Å². The highest BCUT2D eigenvalue weighted by Crippen LogP contribution is 2.34. The summed E-state index contributed by atoms with van der Waals surface area (Å²) >= 11 is 7.28. The summed E-state index contributed by atoms with van der Waals surface area (Å²) in [7, 11) is 0. The van der Waals surface area contributed by atoms with Crippen molar-refractivity contribution in [2.45, 2.75) is 0 Å². The average molecular weight is 256 g/mol. The summed E-state index contributed by atoms with van der Waals surface area (Å²) in [6.07, 6.45) is 0. The highest BCUT2D eigenvalue weighted by Gasteiger charge is 2.13. The molecule has 0 aliphatic heterocycles. The van der Waals surface area contributed by atoms with Crippen LogP contribution in [0.5, 0.6) is 0 Å². The fraction of sp³-hybridized carbons (Fsp3) is 0. The number of hydrogen-bond donors (Lipinski definition) is 1. The lowest BCUT2D eigenvalue weighted by atomic mass is 10.2. The second-order valence-electron chi connectivity index (χ2n) is 2.99. The summed E-state index contributed by atoms with van der Waals surface area (Å²) in [5, 5.41) is 13.0. The van der Waals surface area contributed by atoms with Gasteiger partial charge in [-0.05, 0) is 11.4 Å². The van der Waals surface area contributed by atoms with Crippen LogP contribution in [-0.4, -0.2) is 9.91 Å². The molecule has 0 radical (unpaired) electrons. The standard InChI is InChI=1S/C9H6ClN3O2S/c10-6-1-2-16-9(6)7-3-5(13(14)15)4-8(11)12-7/h1-4H,(H2,11,12). The molecule has 0 saturated carbocycles. The minimum Gasteiger partial charge on any atom is -0.383 e. The van der Waals surface area contributed by atoms with Crippen molar-refractivity contribution in [3.05, 3.63) is 38.7 Å². The Morgan fingerprint density at radius 1 is 1.50 bits per heavy atom. The van der Waals surface area contributed by atoms with Crippen LogP contribution in [-0.2, 0) is 0 Å². The van der Waals surface area contributed by atoms with E-state index in [0.29, 0.717) is 15.6 Å². The highest BCUT2D eigenvalue weighted by atomic mass is 35.5. The van der Waals surface area contributed by atoms with Gasteiger partial charge in [0.2, 0.25) is 0 Å². The smallest absolute Gasteiger partial charge is 0.275 e. The molecule has 5 nitrogen and oxygen atoms in total. The average Bonchev–Trinajstić information content (AvgIpc) is 2.63. The van der Waals surface area contributed by atoms with E-state index in [4.69, 9.17) is 17.3 Å². The van der Waals surface area contributed by atoms with Crippen LogP contribution < -0.4 is 5.73 Å². The van der Waals surface area contributed by atoms with Crippen LogP contribution in [0, 0.1) is 10.1 Å². The number of nitrogen functional groups attached to an aromatic ring is 1. The second-order valence-corrected chi connectivity index (χ2v) is 4.31. The van der Waals surface area contributed by atoms with E-state index < -0.39 is 4.92 Å². The van der Waals surface area contributed by atoms with Crippen LogP contribution in [0.3, 0.4) is 0 Å². The summed E-state index contributed by atoms with van der Waals surface area (Å²) in [4.78, 5) is 14.8. The number of anilines is 1. The van der Waals surface area contributed by atoms with Gasteiger partial charge in [0.25, 0.3) is 5.69 Å². The SMILES string of the molecule is Nc1cc([N+](=O)[O-])cc(-c2sccc2Cl)n1. The van der Waals surface area contributed by atoms with Crippen molar-refractivity contribution < 1.29 is 4.92 Å². The molecule has 7 heteroatoms. The minimum absolute atomic E-state index is 0.0908. The molecule has 0 aliphatic carbocycles. The summed E-state index contributed by atoms with van der Waals surface area (Å²) < 4.78 is 0. The van der Waals surface area contributed by atoms with Crippen molar-refractivity contribution in [1.29, 1.82) is 0 Å². The Balaban J connectivity index is 2.58. The Hall–Kier alpha value is -1.66. The van der Waals surface area contributed by atoms with Crippen LogP contribution in [0.25, 0.3) is 10.6 Å². The normalized spacial score (nSPS) is 10.3. The molecule has 0 fully saturated rings. The minimum atomic E-state index is -0.511. The molecule has 0 bridgehead atoms. The summed E-state index contributed by atoms with van der Waals surface area (Å²) in [5.74, 6) is 0.105.